The predicted molar refractivity (Wildman–Crippen MR) is 83.1 cm³/mol. The summed E-state index contributed by atoms with van der Waals surface area (Å²) in [6.07, 6.45) is 7.50. The van der Waals surface area contributed by atoms with E-state index in [1.165, 1.54) is 10.5 Å². The minimum atomic E-state index is 0.576. The molecule has 0 radical (unpaired) electrons. The molecule has 0 spiro atoms. The summed E-state index contributed by atoms with van der Waals surface area (Å²) in [6.45, 7) is 18.9. The monoisotopic (exact) mass is 250 g/mol. The molecule has 0 aromatic heterocycles. The molecule has 0 aromatic rings. The summed E-state index contributed by atoms with van der Waals surface area (Å²) in [5, 5.41) is 0. The standard InChI is InChI=1S/C16H26S/c1-8-14(6)17-15(7)10-9-11-16(12(2)3)13(4)5/h8-10,13,16H,2,7,11H2,1,3-6H3/b10-9+,14-8-/t16-/m1/s1. The summed E-state index contributed by atoms with van der Waals surface area (Å²) in [4.78, 5) is 2.39. The highest BCUT2D eigenvalue weighted by Gasteiger charge is 2.11. The molecule has 0 aliphatic rings. The van der Waals surface area contributed by atoms with E-state index in [1.807, 2.05) is 0 Å². The van der Waals surface area contributed by atoms with Crippen molar-refractivity contribution in [3.8, 4) is 0 Å². The second-order valence-electron chi connectivity index (χ2n) is 4.80. The lowest BCUT2D eigenvalue weighted by Crippen LogP contribution is -2.08. The number of hydrogen-bond donors (Lipinski definition) is 0. The van der Waals surface area contributed by atoms with E-state index in [0.717, 1.165) is 11.3 Å². The first kappa shape index (κ1) is 16.3. The maximum Gasteiger partial charge on any atom is 0.00433 e. The second kappa shape index (κ2) is 8.41. The molecule has 0 nitrogen and oxygen atoms in total. The fourth-order valence-corrected chi connectivity index (χ4v) is 2.38. The van der Waals surface area contributed by atoms with Gasteiger partial charge in [-0.05, 0) is 43.9 Å². The van der Waals surface area contributed by atoms with Gasteiger partial charge in [0.05, 0.1) is 0 Å². The Labute approximate surface area is 112 Å². The van der Waals surface area contributed by atoms with Crippen LogP contribution in [0.5, 0.6) is 0 Å². The Kier molecular flexibility index (Phi) is 8.07. The smallest absolute Gasteiger partial charge is 0.00433 e. The van der Waals surface area contributed by atoms with Gasteiger partial charge in [0, 0.05) is 4.91 Å². The summed E-state index contributed by atoms with van der Waals surface area (Å²) in [7, 11) is 0. The molecule has 0 saturated carbocycles. The molecule has 0 aromatic carbocycles. The van der Waals surface area contributed by atoms with Crippen LogP contribution in [0.2, 0.25) is 0 Å². The van der Waals surface area contributed by atoms with Gasteiger partial charge >= 0.3 is 0 Å². The van der Waals surface area contributed by atoms with E-state index < -0.39 is 0 Å². The third kappa shape index (κ3) is 7.27. The van der Waals surface area contributed by atoms with Crippen LogP contribution in [0.4, 0.5) is 0 Å². The Morgan fingerprint density at radius 2 is 1.82 bits per heavy atom. The number of allylic oxidation sites excluding steroid dienone is 5. The van der Waals surface area contributed by atoms with Crippen molar-refractivity contribution in [3.63, 3.8) is 0 Å². The lowest BCUT2D eigenvalue weighted by Gasteiger charge is -2.19. The molecular formula is C16H26S. The van der Waals surface area contributed by atoms with Crippen molar-refractivity contribution < 1.29 is 0 Å². The normalized spacial score (nSPS) is 14.4. The zero-order valence-corrected chi connectivity index (χ0v) is 12.7. The van der Waals surface area contributed by atoms with Crippen molar-refractivity contribution in [3.05, 3.63) is 46.8 Å². The van der Waals surface area contributed by atoms with Gasteiger partial charge in [-0.15, -0.1) is 0 Å². The molecule has 0 rings (SSSR count). The third-order valence-electron chi connectivity index (χ3n) is 2.83. The average Bonchev–Trinajstić information content (AvgIpc) is 2.22. The van der Waals surface area contributed by atoms with Gasteiger partial charge in [-0.1, -0.05) is 62.6 Å². The molecule has 0 saturated heterocycles. The molecule has 1 heteroatoms. The third-order valence-corrected chi connectivity index (χ3v) is 3.79. The van der Waals surface area contributed by atoms with E-state index in [2.05, 4.69) is 66.0 Å². The molecule has 0 heterocycles. The second-order valence-corrected chi connectivity index (χ2v) is 6.18. The minimum Gasteiger partial charge on any atom is -0.0998 e. The van der Waals surface area contributed by atoms with Crippen LogP contribution in [-0.4, -0.2) is 0 Å². The maximum absolute atomic E-state index is 4.07. The largest absolute Gasteiger partial charge is 0.0998 e. The van der Waals surface area contributed by atoms with Crippen molar-refractivity contribution in [1.82, 2.24) is 0 Å². The van der Waals surface area contributed by atoms with Gasteiger partial charge in [0.2, 0.25) is 0 Å². The van der Waals surface area contributed by atoms with Crippen molar-refractivity contribution in [2.75, 3.05) is 0 Å². The van der Waals surface area contributed by atoms with E-state index >= 15 is 0 Å². The molecule has 1 atom stereocenters. The van der Waals surface area contributed by atoms with Crippen LogP contribution >= 0.6 is 11.8 Å². The summed E-state index contributed by atoms with van der Waals surface area (Å²) >= 11 is 1.73. The minimum absolute atomic E-state index is 0.576. The van der Waals surface area contributed by atoms with Gasteiger partial charge in [-0.3, -0.25) is 0 Å². The van der Waals surface area contributed by atoms with Crippen LogP contribution in [-0.2, 0) is 0 Å². The van der Waals surface area contributed by atoms with E-state index in [9.17, 15) is 0 Å². The average molecular weight is 250 g/mol. The SMILES string of the molecule is C=C(/C=C/C[C@H](C(=C)C)C(C)C)S/C(C)=C\C. The summed E-state index contributed by atoms with van der Waals surface area (Å²) in [5.74, 6) is 1.22. The fraction of sp³-hybridized carbons (Fsp3) is 0.500. The molecule has 0 N–H and O–H groups in total. The Bertz CT molecular complexity index is 318. The lowest BCUT2D eigenvalue weighted by molar-refractivity contribution is 0.448. The fourth-order valence-electron chi connectivity index (χ4n) is 1.69. The van der Waals surface area contributed by atoms with Crippen LogP contribution < -0.4 is 0 Å². The van der Waals surface area contributed by atoms with Crippen LogP contribution in [0.25, 0.3) is 0 Å². The Balaban J connectivity index is 4.26. The van der Waals surface area contributed by atoms with E-state index in [0.29, 0.717) is 11.8 Å². The molecule has 96 valence electrons. The van der Waals surface area contributed by atoms with Crippen LogP contribution in [0.1, 0.15) is 41.0 Å². The molecule has 17 heavy (non-hydrogen) atoms. The Morgan fingerprint density at radius 1 is 1.24 bits per heavy atom. The maximum atomic E-state index is 4.07. The predicted octanol–water partition coefficient (Wildman–Crippen LogP) is 5.95. The van der Waals surface area contributed by atoms with E-state index in [4.69, 9.17) is 0 Å². The van der Waals surface area contributed by atoms with Crippen molar-refractivity contribution in [2.45, 2.75) is 41.0 Å². The molecular weight excluding hydrogens is 224 g/mol. The number of thioether (sulfide) groups is 1. The summed E-state index contributed by atoms with van der Waals surface area (Å²) in [5.41, 5.74) is 1.27. The van der Waals surface area contributed by atoms with E-state index in [-0.39, 0.29) is 0 Å². The summed E-state index contributed by atoms with van der Waals surface area (Å²) in [6, 6.07) is 0. The first-order valence-electron chi connectivity index (χ1n) is 6.20. The van der Waals surface area contributed by atoms with Crippen LogP contribution in [0.15, 0.2) is 46.8 Å². The Hall–Kier alpha value is -0.690. The van der Waals surface area contributed by atoms with Gasteiger partial charge in [-0.25, -0.2) is 0 Å². The van der Waals surface area contributed by atoms with Gasteiger partial charge in [0.15, 0.2) is 0 Å². The van der Waals surface area contributed by atoms with Crippen molar-refractivity contribution >= 4 is 11.8 Å². The van der Waals surface area contributed by atoms with Gasteiger partial charge in [0.1, 0.15) is 0 Å². The number of hydrogen-bond acceptors (Lipinski definition) is 1. The number of rotatable bonds is 7. The molecule has 0 unspecified atom stereocenters. The first-order valence-corrected chi connectivity index (χ1v) is 7.01. The highest BCUT2D eigenvalue weighted by Crippen LogP contribution is 2.26. The molecule has 0 aliphatic heterocycles. The van der Waals surface area contributed by atoms with Gasteiger partial charge < -0.3 is 0 Å². The van der Waals surface area contributed by atoms with Crippen LogP contribution in [0.3, 0.4) is 0 Å². The first-order chi connectivity index (χ1) is 7.88. The quantitative estimate of drug-likeness (QED) is 0.397. The molecule has 0 bridgehead atoms. The topological polar surface area (TPSA) is 0 Å². The molecule has 0 fully saturated rings. The van der Waals surface area contributed by atoms with Crippen molar-refractivity contribution in [1.29, 1.82) is 0 Å². The Morgan fingerprint density at radius 3 is 2.24 bits per heavy atom. The van der Waals surface area contributed by atoms with E-state index in [1.54, 1.807) is 11.8 Å². The van der Waals surface area contributed by atoms with Gasteiger partial charge in [0.25, 0.3) is 0 Å². The molecule has 0 amide bonds. The zero-order chi connectivity index (χ0) is 13.4. The lowest BCUT2D eigenvalue weighted by atomic mass is 9.87. The highest BCUT2D eigenvalue weighted by molar-refractivity contribution is 8.06. The van der Waals surface area contributed by atoms with Crippen molar-refractivity contribution in [2.24, 2.45) is 11.8 Å². The van der Waals surface area contributed by atoms with Gasteiger partial charge in [-0.2, -0.15) is 0 Å². The zero-order valence-electron chi connectivity index (χ0n) is 11.9. The van der Waals surface area contributed by atoms with Crippen LogP contribution in [0, 0.1) is 11.8 Å². The highest BCUT2D eigenvalue weighted by atomic mass is 32.2. The summed E-state index contributed by atoms with van der Waals surface area (Å²) < 4.78 is 0. The molecule has 0 aliphatic carbocycles.